The third-order valence-corrected chi connectivity index (χ3v) is 7.41. The van der Waals surface area contributed by atoms with Gasteiger partial charge in [-0.1, -0.05) is 18.2 Å². The number of ether oxygens (including phenoxy) is 4. The molecule has 4 aromatic rings. The molecule has 0 aliphatic rings. The van der Waals surface area contributed by atoms with E-state index in [1.54, 1.807) is 72.8 Å². The number of carbonyl (C=O) groups excluding carboxylic acids is 4. The number of benzene rings is 4. The minimum atomic E-state index is -0.491. The molecule has 0 radical (unpaired) electrons. The van der Waals surface area contributed by atoms with Gasteiger partial charge in [0.2, 0.25) is 0 Å². The van der Waals surface area contributed by atoms with Gasteiger partial charge in [0.1, 0.15) is 23.0 Å². The second-order valence-electron chi connectivity index (χ2n) is 10.6. The number of esters is 2. The van der Waals surface area contributed by atoms with Crippen LogP contribution >= 0.6 is 0 Å². The lowest BCUT2D eigenvalue weighted by Gasteiger charge is -2.10. The van der Waals surface area contributed by atoms with Crippen molar-refractivity contribution in [3.05, 3.63) is 118 Å². The molecule has 2 N–H and O–H groups in total. The first-order chi connectivity index (χ1) is 22.7. The third-order valence-electron chi connectivity index (χ3n) is 7.41. The molecule has 4 rings (SSSR count). The molecule has 244 valence electrons. The summed E-state index contributed by atoms with van der Waals surface area (Å²) >= 11 is 0. The second-order valence-corrected chi connectivity index (χ2v) is 10.6. The van der Waals surface area contributed by atoms with Gasteiger partial charge in [-0.15, -0.1) is 0 Å². The number of aryl methyl sites for hydroxylation is 2. The number of ketones is 2. The van der Waals surface area contributed by atoms with Gasteiger partial charge in [-0.2, -0.15) is 0 Å². The summed E-state index contributed by atoms with van der Waals surface area (Å²) in [5.74, 6) is -0.765. The van der Waals surface area contributed by atoms with Crippen molar-refractivity contribution in [2.24, 2.45) is 0 Å². The van der Waals surface area contributed by atoms with Crippen LogP contribution in [0.3, 0.4) is 0 Å². The Balaban J connectivity index is 1.16. The van der Waals surface area contributed by atoms with Gasteiger partial charge >= 0.3 is 11.9 Å². The Bertz CT molecular complexity index is 1710. The predicted molar refractivity (Wildman–Crippen MR) is 172 cm³/mol. The summed E-state index contributed by atoms with van der Waals surface area (Å²) in [4.78, 5) is 50.3. The minimum Gasteiger partial charge on any atom is -0.507 e. The topological polar surface area (TPSA) is 146 Å². The molecular formula is C37H36O10. The predicted octanol–water partition coefficient (Wildman–Crippen LogP) is 5.62. The van der Waals surface area contributed by atoms with E-state index in [1.165, 1.54) is 26.4 Å². The summed E-state index contributed by atoms with van der Waals surface area (Å²) in [6.07, 6.45) is 0.826. The van der Waals surface area contributed by atoms with Crippen molar-refractivity contribution in [3.63, 3.8) is 0 Å². The Hall–Kier alpha value is -5.64. The lowest BCUT2D eigenvalue weighted by atomic mass is 9.98. The van der Waals surface area contributed by atoms with E-state index in [9.17, 15) is 29.4 Å². The van der Waals surface area contributed by atoms with Crippen LogP contribution in [0.1, 0.15) is 62.2 Å². The summed E-state index contributed by atoms with van der Waals surface area (Å²) < 4.78 is 20.7. The smallest absolute Gasteiger partial charge is 0.306 e. The van der Waals surface area contributed by atoms with E-state index in [0.717, 1.165) is 0 Å². The second kappa shape index (κ2) is 16.6. The summed E-state index contributed by atoms with van der Waals surface area (Å²) in [6.45, 7) is 0.0993. The fourth-order valence-electron chi connectivity index (χ4n) is 4.75. The van der Waals surface area contributed by atoms with E-state index in [0.29, 0.717) is 46.6 Å². The summed E-state index contributed by atoms with van der Waals surface area (Å²) in [7, 11) is 3.06. The molecule has 0 bridgehead atoms. The van der Waals surface area contributed by atoms with Crippen molar-refractivity contribution < 1.29 is 48.3 Å². The average Bonchev–Trinajstić information content (AvgIpc) is 3.10. The van der Waals surface area contributed by atoms with E-state index < -0.39 is 11.9 Å². The molecule has 0 spiro atoms. The highest BCUT2D eigenvalue weighted by molar-refractivity contribution is 6.11. The number of hydrogen-bond acceptors (Lipinski definition) is 10. The highest BCUT2D eigenvalue weighted by atomic mass is 16.5. The lowest BCUT2D eigenvalue weighted by molar-refractivity contribution is -0.146. The van der Waals surface area contributed by atoms with E-state index >= 15 is 0 Å². The van der Waals surface area contributed by atoms with E-state index in [2.05, 4.69) is 0 Å². The molecule has 10 heteroatoms. The van der Waals surface area contributed by atoms with Gasteiger partial charge in [0, 0.05) is 30.4 Å². The first-order valence-electron chi connectivity index (χ1n) is 15.0. The zero-order valence-electron chi connectivity index (χ0n) is 26.2. The van der Waals surface area contributed by atoms with Crippen molar-refractivity contribution in [1.29, 1.82) is 0 Å². The van der Waals surface area contributed by atoms with Crippen LogP contribution in [-0.4, -0.2) is 61.2 Å². The van der Waals surface area contributed by atoms with E-state index in [4.69, 9.17) is 18.9 Å². The van der Waals surface area contributed by atoms with Crippen molar-refractivity contribution in [2.45, 2.75) is 32.1 Å². The number of phenols is 2. The molecule has 0 unspecified atom stereocenters. The molecule has 0 saturated carbocycles. The van der Waals surface area contributed by atoms with Crippen LogP contribution in [0.15, 0.2) is 84.9 Å². The zero-order chi connectivity index (χ0) is 33.8. The quantitative estimate of drug-likeness (QED) is 0.0899. The van der Waals surface area contributed by atoms with Crippen LogP contribution < -0.4 is 9.47 Å². The average molecular weight is 641 g/mol. The third kappa shape index (κ3) is 9.43. The zero-order valence-corrected chi connectivity index (χ0v) is 26.2. The number of para-hydroxylation sites is 1. The molecular weight excluding hydrogens is 604 g/mol. The molecule has 0 heterocycles. The van der Waals surface area contributed by atoms with Crippen LogP contribution in [0.2, 0.25) is 0 Å². The molecule has 0 aliphatic carbocycles. The molecule has 47 heavy (non-hydrogen) atoms. The first kappa shape index (κ1) is 34.2. The van der Waals surface area contributed by atoms with Crippen molar-refractivity contribution >= 4 is 23.5 Å². The summed E-state index contributed by atoms with van der Waals surface area (Å²) in [5.41, 5.74) is 2.19. The van der Waals surface area contributed by atoms with Crippen molar-refractivity contribution in [2.75, 3.05) is 27.4 Å². The number of aromatic hydroxyl groups is 2. The number of carbonyl (C=O) groups is 4. The fourth-order valence-corrected chi connectivity index (χ4v) is 4.75. The summed E-state index contributed by atoms with van der Waals surface area (Å²) in [6, 6.07) is 22.5. The van der Waals surface area contributed by atoms with Crippen molar-refractivity contribution in [3.8, 4) is 23.0 Å². The molecule has 0 aromatic heterocycles. The SMILES string of the molecule is COc1ccc(C(=O)c2cc(CCC(=O)OCCCOC(=O)CCc3cccc(C(=O)c4ccc(OC)cc4)c3O)ccc2O)cc1. The molecule has 0 saturated heterocycles. The van der Waals surface area contributed by atoms with Crippen LogP contribution in [0.5, 0.6) is 23.0 Å². The normalized spacial score (nSPS) is 10.6. The molecule has 0 atom stereocenters. The maximum Gasteiger partial charge on any atom is 0.306 e. The minimum absolute atomic E-state index is 0.0108. The Labute approximate surface area is 272 Å². The number of methoxy groups -OCH3 is 2. The standard InChI is InChI=1S/C37H36O10/c1-44-28-14-9-26(10-15-28)36(42)30-6-3-5-25(35(30)41)13-20-34(40)47-22-4-21-46-33(39)19-8-24-7-18-32(38)31(23-24)37(43)27-11-16-29(45-2)17-12-27/h3,5-7,9-12,14-18,23,38,41H,4,8,13,19-22H2,1-2H3. The Morgan fingerprint density at radius 3 is 1.70 bits per heavy atom. The number of rotatable bonds is 16. The van der Waals surface area contributed by atoms with Crippen LogP contribution in [0.25, 0.3) is 0 Å². The van der Waals surface area contributed by atoms with Gasteiger partial charge in [0.05, 0.1) is 38.6 Å². The highest BCUT2D eigenvalue weighted by Gasteiger charge is 2.18. The lowest BCUT2D eigenvalue weighted by Crippen LogP contribution is -2.12. The van der Waals surface area contributed by atoms with Crippen LogP contribution in [0, 0.1) is 0 Å². The van der Waals surface area contributed by atoms with Gasteiger partial charge in [-0.25, -0.2) is 0 Å². The number of hydrogen-bond donors (Lipinski definition) is 2. The molecule has 10 nitrogen and oxygen atoms in total. The van der Waals surface area contributed by atoms with Gasteiger partial charge in [-0.3, -0.25) is 19.2 Å². The maximum absolute atomic E-state index is 12.9. The van der Waals surface area contributed by atoms with Gasteiger partial charge in [0.15, 0.2) is 11.6 Å². The highest BCUT2D eigenvalue weighted by Crippen LogP contribution is 2.27. The van der Waals surface area contributed by atoms with Gasteiger partial charge in [0.25, 0.3) is 0 Å². The first-order valence-corrected chi connectivity index (χ1v) is 15.0. The van der Waals surface area contributed by atoms with E-state index in [1.807, 2.05) is 0 Å². The Morgan fingerprint density at radius 1 is 0.617 bits per heavy atom. The van der Waals surface area contributed by atoms with E-state index in [-0.39, 0.29) is 66.7 Å². The maximum atomic E-state index is 12.9. The van der Waals surface area contributed by atoms with Gasteiger partial charge < -0.3 is 29.2 Å². The molecule has 0 amide bonds. The Kier molecular flexibility index (Phi) is 12.1. The van der Waals surface area contributed by atoms with Crippen LogP contribution in [-0.2, 0) is 31.9 Å². The monoisotopic (exact) mass is 640 g/mol. The molecule has 0 fully saturated rings. The van der Waals surface area contributed by atoms with Crippen LogP contribution in [0.4, 0.5) is 0 Å². The number of phenolic OH excluding ortho intramolecular Hbond substituents is 2. The fraction of sp³-hybridized carbons (Fsp3) is 0.243. The summed E-state index contributed by atoms with van der Waals surface area (Å²) in [5, 5.41) is 20.9. The largest absolute Gasteiger partial charge is 0.507 e. The Morgan fingerprint density at radius 2 is 1.15 bits per heavy atom. The van der Waals surface area contributed by atoms with Gasteiger partial charge in [-0.05, 0) is 90.7 Å². The molecule has 4 aromatic carbocycles. The molecule has 0 aliphatic heterocycles. The van der Waals surface area contributed by atoms with Crippen molar-refractivity contribution in [1.82, 2.24) is 0 Å².